The second-order valence-corrected chi connectivity index (χ2v) is 4.60. The highest BCUT2D eigenvalue weighted by Gasteiger charge is 2.52. The second-order valence-electron chi connectivity index (χ2n) is 4.60. The number of carbonyl (C=O) groups excluding carboxylic acids is 3. The maximum Gasteiger partial charge on any atom is 0.319 e. The first-order valence-corrected chi connectivity index (χ1v) is 5.89. The molecule has 19 heavy (non-hydrogen) atoms. The highest BCUT2D eigenvalue weighted by molar-refractivity contribution is 6.11. The number of rotatable bonds is 2. The molecule has 0 heterocycles. The summed E-state index contributed by atoms with van der Waals surface area (Å²) >= 11 is 0. The van der Waals surface area contributed by atoms with Crippen LogP contribution in [0.3, 0.4) is 0 Å². The van der Waals surface area contributed by atoms with Crippen molar-refractivity contribution >= 4 is 17.5 Å². The largest absolute Gasteiger partial charge is 0.468 e. The van der Waals surface area contributed by atoms with E-state index in [1.54, 1.807) is 30.3 Å². The number of methoxy groups -OCH3 is 1. The molecule has 0 aromatic heterocycles. The molecule has 2 rings (SSSR count). The lowest BCUT2D eigenvalue weighted by Gasteiger charge is -2.36. The van der Waals surface area contributed by atoms with Gasteiger partial charge in [-0.3, -0.25) is 14.4 Å². The third kappa shape index (κ3) is 2.29. The Labute approximate surface area is 110 Å². The number of aliphatic hydroxyl groups is 1. The fraction of sp³-hybridized carbons (Fsp3) is 0.357. The van der Waals surface area contributed by atoms with Crippen LogP contribution in [-0.4, -0.2) is 29.8 Å². The van der Waals surface area contributed by atoms with E-state index in [9.17, 15) is 19.5 Å². The monoisotopic (exact) mass is 262 g/mol. The highest BCUT2D eigenvalue weighted by atomic mass is 16.5. The molecule has 0 amide bonds. The third-order valence-corrected chi connectivity index (χ3v) is 3.35. The Morgan fingerprint density at radius 3 is 2.53 bits per heavy atom. The van der Waals surface area contributed by atoms with Crippen molar-refractivity contribution in [2.75, 3.05) is 7.11 Å². The van der Waals surface area contributed by atoms with Crippen molar-refractivity contribution < 1.29 is 24.2 Å². The van der Waals surface area contributed by atoms with Gasteiger partial charge in [-0.25, -0.2) is 0 Å². The highest BCUT2D eigenvalue weighted by Crippen LogP contribution is 2.39. The fourth-order valence-electron chi connectivity index (χ4n) is 2.47. The lowest BCUT2D eigenvalue weighted by atomic mass is 9.70. The van der Waals surface area contributed by atoms with Crippen LogP contribution in [0.1, 0.15) is 18.4 Å². The molecule has 0 radical (unpaired) electrons. The first-order valence-electron chi connectivity index (χ1n) is 5.89. The van der Waals surface area contributed by atoms with Gasteiger partial charge in [0, 0.05) is 6.42 Å². The number of carbonyl (C=O) groups is 3. The average Bonchev–Trinajstić information content (AvgIpc) is 2.38. The fourth-order valence-corrected chi connectivity index (χ4v) is 2.47. The topological polar surface area (TPSA) is 80.7 Å². The molecule has 5 nitrogen and oxygen atoms in total. The molecule has 0 saturated heterocycles. The molecule has 1 aromatic rings. The predicted octanol–water partition coefficient (Wildman–Crippen LogP) is 0.595. The lowest BCUT2D eigenvalue weighted by molar-refractivity contribution is -0.167. The van der Waals surface area contributed by atoms with Crippen LogP contribution < -0.4 is 0 Å². The quantitative estimate of drug-likeness (QED) is 0.623. The molecule has 0 bridgehead atoms. The van der Waals surface area contributed by atoms with Gasteiger partial charge in [-0.05, 0) is 5.56 Å². The number of hydrogen-bond acceptors (Lipinski definition) is 5. The molecular formula is C14H14O5. The maximum absolute atomic E-state index is 11.9. The van der Waals surface area contributed by atoms with Crippen molar-refractivity contribution in [1.82, 2.24) is 0 Å². The lowest BCUT2D eigenvalue weighted by Crippen LogP contribution is -2.50. The summed E-state index contributed by atoms with van der Waals surface area (Å²) in [5.41, 5.74) is -1.45. The Bertz CT molecular complexity index is 522. The zero-order chi connectivity index (χ0) is 14.0. The Hall–Kier alpha value is -2.01. The molecule has 0 aliphatic heterocycles. The molecule has 1 aromatic carbocycles. The molecule has 1 fully saturated rings. The summed E-state index contributed by atoms with van der Waals surface area (Å²) in [6, 6.07) is 8.26. The molecule has 1 aliphatic rings. The Kier molecular flexibility index (Phi) is 3.48. The van der Waals surface area contributed by atoms with Crippen molar-refractivity contribution in [2.24, 2.45) is 5.92 Å². The first kappa shape index (κ1) is 13.4. The van der Waals surface area contributed by atoms with Crippen LogP contribution in [0.4, 0.5) is 0 Å². The van der Waals surface area contributed by atoms with E-state index in [-0.39, 0.29) is 18.6 Å². The molecule has 0 spiro atoms. The van der Waals surface area contributed by atoms with Gasteiger partial charge in [-0.1, -0.05) is 30.3 Å². The summed E-state index contributed by atoms with van der Waals surface area (Å²) < 4.78 is 4.58. The zero-order valence-electron chi connectivity index (χ0n) is 10.5. The SMILES string of the molecule is COC(=O)[C@@H]1C(=O)CC(=O)C[C@@]1(O)c1ccccc1. The Morgan fingerprint density at radius 2 is 1.95 bits per heavy atom. The van der Waals surface area contributed by atoms with Crippen LogP contribution in [0.25, 0.3) is 0 Å². The molecule has 100 valence electrons. The van der Waals surface area contributed by atoms with Gasteiger partial charge in [0.05, 0.1) is 13.5 Å². The van der Waals surface area contributed by atoms with Gasteiger partial charge in [0.2, 0.25) is 0 Å². The third-order valence-electron chi connectivity index (χ3n) is 3.35. The van der Waals surface area contributed by atoms with Crippen molar-refractivity contribution in [3.63, 3.8) is 0 Å². The second kappa shape index (κ2) is 4.93. The number of benzene rings is 1. The summed E-state index contributed by atoms with van der Waals surface area (Å²) in [5.74, 6) is -3.15. The maximum atomic E-state index is 11.9. The van der Waals surface area contributed by atoms with Crippen molar-refractivity contribution in [1.29, 1.82) is 0 Å². The van der Waals surface area contributed by atoms with Gasteiger partial charge in [0.15, 0.2) is 5.78 Å². The normalized spacial score (nSPS) is 27.2. The molecule has 1 aliphatic carbocycles. The number of ether oxygens (including phenoxy) is 1. The van der Waals surface area contributed by atoms with Crippen LogP contribution in [0.5, 0.6) is 0 Å². The zero-order valence-corrected chi connectivity index (χ0v) is 10.5. The molecule has 1 N–H and O–H groups in total. The molecule has 2 atom stereocenters. The van der Waals surface area contributed by atoms with E-state index in [1.165, 1.54) is 0 Å². The van der Waals surface area contributed by atoms with Crippen LogP contribution in [0, 0.1) is 5.92 Å². The molecular weight excluding hydrogens is 248 g/mol. The molecule has 1 saturated carbocycles. The average molecular weight is 262 g/mol. The van der Waals surface area contributed by atoms with Crippen LogP contribution in [0.15, 0.2) is 30.3 Å². The van der Waals surface area contributed by atoms with Crippen molar-refractivity contribution in [2.45, 2.75) is 18.4 Å². The van der Waals surface area contributed by atoms with Crippen LogP contribution >= 0.6 is 0 Å². The summed E-state index contributed by atoms with van der Waals surface area (Å²) in [5, 5.41) is 10.7. The smallest absolute Gasteiger partial charge is 0.319 e. The number of hydrogen-bond donors (Lipinski definition) is 1. The van der Waals surface area contributed by atoms with E-state index in [0.717, 1.165) is 7.11 Å². The standard InChI is InChI=1S/C14H14O5/c1-19-13(17)12-11(16)7-10(15)8-14(12,18)9-5-3-2-4-6-9/h2-6,12,18H,7-8H2,1H3/t12-,14+/m0/s1. The number of Topliss-reactive ketones (excluding diaryl/α,β-unsaturated/α-hetero) is 2. The summed E-state index contributed by atoms with van der Waals surface area (Å²) in [7, 11) is 1.15. The van der Waals surface area contributed by atoms with E-state index in [4.69, 9.17) is 0 Å². The van der Waals surface area contributed by atoms with E-state index in [2.05, 4.69) is 4.74 Å². The summed E-state index contributed by atoms with van der Waals surface area (Å²) in [4.78, 5) is 35.3. The Morgan fingerprint density at radius 1 is 1.32 bits per heavy atom. The number of ketones is 2. The van der Waals surface area contributed by atoms with Gasteiger partial charge < -0.3 is 9.84 Å². The van der Waals surface area contributed by atoms with Gasteiger partial charge in [0.1, 0.15) is 17.3 Å². The molecule has 0 unspecified atom stereocenters. The minimum atomic E-state index is -1.82. The minimum Gasteiger partial charge on any atom is -0.468 e. The number of esters is 1. The minimum absolute atomic E-state index is 0.261. The van der Waals surface area contributed by atoms with Gasteiger partial charge in [-0.2, -0.15) is 0 Å². The van der Waals surface area contributed by atoms with Gasteiger partial charge >= 0.3 is 5.97 Å². The van der Waals surface area contributed by atoms with Gasteiger partial charge in [-0.15, -0.1) is 0 Å². The van der Waals surface area contributed by atoms with E-state index < -0.39 is 23.3 Å². The van der Waals surface area contributed by atoms with E-state index in [1.807, 2.05) is 0 Å². The summed E-state index contributed by atoms with van der Waals surface area (Å²) in [6.07, 6.45) is -0.600. The van der Waals surface area contributed by atoms with E-state index >= 15 is 0 Å². The summed E-state index contributed by atoms with van der Waals surface area (Å²) in [6.45, 7) is 0. The first-order chi connectivity index (χ1) is 8.99. The Balaban J connectivity index is 2.51. The molecule has 5 heteroatoms. The van der Waals surface area contributed by atoms with Gasteiger partial charge in [0.25, 0.3) is 0 Å². The van der Waals surface area contributed by atoms with Crippen LogP contribution in [0.2, 0.25) is 0 Å². The van der Waals surface area contributed by atoms with Crippen LogP contribution in [-0.2, 0) is 24.7 Å². The van der Waals surface area contributed by atoms with Crippen molar-refractivity contribution in [3.05, 3.63) is 35.9 Å². The van der Waals surface area contributed by atoms with Crippen molar-refractivity contribution in [3.8, 4) is 0 Å². The van der Waals surface area contributed by atoms with E-state index in [0.29, 0.717) is 5.56 Å². The predicted molar refractivity (Wildman–Crippen MR) is 65.1 cm³/mol.